The maximum Gasteiger partial charge on any atom is 4.00 e. The van der Waals surface area contributed by atoms with E-state index in [0.29, 0.717) is 0 Å². The molecule has 0 bridgehead atoms. The molecule has 1 unspecified atom stereocenters. The van der Waals surface area contributed by atoms with Crippen LogP contribution in [0, 0.1) is 6.08 Å². The van der Waals surface area contributed by atoms with Crippen molar-refractivity contribution in [3.05, 3.63) is 83.6 Å². The summed E-state index contributed by atoms with van der Waals surface area (Å²) < 4.78 is 0. The van der Waals surface area contributed by atoms with Gasteiger partial charge in [-0.1, -0.05) is 188 Å². The van der Waals surface area contributed by atoms with Crippen molar-refractivity contribution in [3.8, 4) is 0 Å². The Kier molecular flexibility index (Phi) is 27.3. The largest absolute Gasteiger partial charge is 4.00 e. The number of halogens is 3. The first-order valence-corrected chi connectivity index (χ1v) is 18.4. The molecule has 3 rings (SSSR count). The molecule has 0 saturated heterocycles. The molecule has 0 spiro atoms. The van der Waals surface area contributed by atoms with Gasteiger partial charge in [-0.05, 0) is 0 Å². The van der Waals surface area contributed by atoms with Gasteiger partial charge in [0.25, 0.3) is 0 Å². The van der Waals surface area contributed by atoms with Crippen molar-refractivity contribution in [1.82, 2.24) is 0 Å². The van der Waals surface area contributed by atoms with E-state index in [4.69, 9.17) is 0 Å². The average Bonchev–Trinajstić information content (AvgIpc) is 3.45. The molecule has 0 N–H and O–H groups in total. The van der Waals surface area contributed by atoms with E-state index in [9.17, 15) is 0 Å². The number of hydrogen-bond acceptors (Lipinski definition) is 0. The van der Waals surface area contributed by atoms with Crippen LogP contribution in [-0.2, 0) is 21.7 Å². The Hall–Kier alpha value is -0.279. The normalized spacial score (nSPS) is 13.4. The SMILES string of the molecule is CCCCCCCCCCCCCCCCCC[Si](C)(C1=[C-]CC=C1c1ccccc1)c1ccccc1.[Cl-].[Cl-].[Cl-].[Ti+4]. The van der Waals surface area contributed by atoms with E-state index in [0.717, 1.165) is 6.42 Å². The standard InChI is InChI=1S/C36H53Si.3ClH.Ti/c1-3-4-5-6-7-8-9-10-11-12-13-14-15-16-17-24-32-37(2,34-28-22-19-23-29-34)36-31-25-30-35(36)33-26-20-18-21-27-33;;;;/h18-23,26-30H,3-17,24-25,32H2,1-2H3;3*1H;/q-1;;;;+4/p-3. The molecular formula is C36H53Cl3SiTi. The summed E-state index contributed by atoms with van der Waals surface area (Å²) in [5, 5.41) is 3.12. The molecule has 5 heteroatoms. The van der Waals surface area contributed by atoms with Crippen LogP contribution in [0.1, 0.15) is 122 Å². The van der Waals surface area contributed by atoms with E-state index >= 15 is 0 Å². The molecule has 0 nitrogen and oxygen atoms in total. The Labute approximate surface area is 288 Å². The van der Waals surface area contributed by atoms with Crippen LogP contribution in [0.15, 0.2) is 71.9 Å². The van der Waals surface area contributed by atoms with Gasteiger partial charge in [0.15, 0.2) is 0 Å². The molecule has 1 aliphatic rings. The van der Waals surface area contributed by atoms with Crippen LogP contribution in [0.25, 0.3) is 5.57 Å². The monoisotopic (exact) mass is 666 g/mol. The fraction of sp³-hybridized carbons (Fsp3) is 0.556. The molecule has 2 aromatic carbocycles. The molecule has 1 aliphatic carbocycles. The van der Waals surface area contributed by atoms with Crippen molar-refractivity contribution in [2.45, 2.75) is 129 Å². The zero-order valence-electron chi connectivity index (χ0n) is 25.7. The quantitative estimate of drug-likeness (QED) is 0.115. The second-order valence-corrected chi connectivity index (χ2v) is 15.7. The zero-order chi connectivity index (χ0) is 26.0. The molecule has 0 saturated carbocycles. The second-order valence-electron chi connectivity index (χ2n) is 11.5. The minimum Gasteiger partial charge on any atom is -1.00 e. The molecule has 0 heterocycles. The topological polar surface area (TPSA) is 0 Å². The van der Waals surface area contributed by atoms with E-state index in [1.807, 2.05) is 0 Å². The predicted octanol–water partition coefficient (Wildman–Crippen LogP) is 2.00. The molecule has 0 fully saturated rings. The van der Waals surface area contributed by atoms with Crippen molar-refractivity contribution < 1.29 is 58.9 Å². The minimum atomic E-state index is -1.81. The van der Waals surface area contributed by atoms with Crippen LogP contribution in [0.5, 0.6) is 0 Å². The van der Waals surface area contributed by atoms with Crippen LogP contribution in [0.2, 0.25) is 12.6 Å². The van der Waals surface area contributed by atoms with Crippen molar-refractivity contribution in [2.75, 3.05) is 0 Å². The van der Waals surface area contributed by atoms with E-state index < -0.39 is 8.07 Å². The number of benzene rings is 2. The second kappa shape index (κ2) is 26.2. The first kappa shape index (κ1) is 42.9. The Morgan fingerprint density at radius 2 is 1.00 bits per heavy atom. The van der Waals surface area contributed by atoms with Crippen LogP contribution >= 0.6 is 0 Å². The molecule has 0 aromatic heterocycles. The van der Waals surface area contributed by atoms with Crippen LogP contribution in [0.4, 0.5) is 0 Å². The van der Waals surface area contributed by atoms with Crippen molar-refractivity contribution in [1.29, 1.82) is 0 Å². The smallest absolute Gasteiger partial charge is 1.00 e. The number of unbranched alkanes of at least 4 members (excludes halogenated alkanes) is 15. The summed E-state index contributed by atoms with van der Waals surface area (Å²) >= 11 is 0. The summed E-state index contributed by atoms with van der Waals surface area (Å²) in [5.41, 5.74) is 2.82. The Morgan fingerprint density at radius 3 is 1.46 bits per heavy atom. The first-order valence-electron chi connectivity index (χ1n) is 15.7. The summed E-state index contributed by atoms with van der Waals surface area (Å²) in [6.45, 7) is 4.90. The van der Waals surface area contributed by atoms with Gasteiger partial charge in [-0.15, -0.1) is 12.0 Å². The van der Waals surface area contributed by atoms with Gasteiger partial charge in [0.1, 0.15) is 0 Å². The van der Waals surface area contributed by atoms with Gasteiger partial charge >= 0.3 is 21.7 Å². The molecule has 1 atom stereocenters. The van der Waals surface area contributed by atoms with Crippen molar-refractivity contribution in [3.63, 3.8) is 0 Å². The van der Waals surface area contributed by atoms with Gasteiger partial charge in [0, 0.05) is 0 Å². The fourth-order valence-electron chi connectivity index (χ4n) is 6.07. The maximum atomic E-state index is 3.83. The first-order chi connectivity index (χ1) is 18.3. The van der Waals surface area contributed by atoms with E-state index in [2.05, 4.69) is 86.3 Å². The maximum absolute atomic E-state index is 3.83. The van der Waals surface area contributed by atoms with Crippen LogP contribution in [-0.4, -0.2) is 8.07 Å². The van der Waals surface area contributed by atoms with Crippen molar-refractivity contribution in [2.24, 2.45) is 0 Å². The van der Waals surface area contributed by atoms with Crippen LogP contribution < -0.4 is 42.4 Å². The zero-order valence-corrected chi connectivity index (χ0v) is 30.5. The molecule has 41 heavy (non-hydrogen) atoms. The van der Waals surface area contributed by atoms with E-state index in [1.54, 1.807) is 10.4 Å². The number of rotatable bonds is 20. The molecule has 0 radical (unpaired) electrons. The predicted molar refractivity (Wildman–Crippen MR) is 168 cm³/mol. The van der Waals surface area contributed by atoms with Gasteiger partial charge < -0.3 is 37.2 Å². The van der Waals surface area contributed by atoms with Gasteiger partial charge in [0.2, 0.25) is 0 Å². The Morgan fingerprint density at radius 1 is 0.585 bits per heavy atom. The Bertz CT molecular complexity index is 932. The summed E-state index contributed by atoms with van der Waals surface area (Å²) in [6.07, 6.45) is 30.1. The van der Waals surface area contributed by atoms with Crippen molar-refractivity contribution >= 4 is 18.8 Å². The summed E-state index contributed by atoms with van der Waals surface area (Å²) in [4.78, 5) is 0. The molecule has 2 aromatic rings. The average molecular weight is 668 g/mol. The summed E-state index contributed by atoms with van der Waals surface area (Å²) in [5.74, 6) is 0. The third kappa shape index (κ3) is 15.3. The molecule has 0 amide bonds. The van der Waals surface area contributed by atoms with Gasteiger partial charge in [-0.2, -0.15) is 11.6 Å². The van der Waals surface area contributed by atoms with Gasteiger partial charge in [-0.3, -0.25) is 6.08 Å². The number of allylic oxidation sites excluding steroid dienone is 4. The van der Waals surface area contributed by atoms with E-state index in [-0.39, 0.29) is 58.9 Å². The fourth-order valence-corrected chi connectivity index (χ4v) is 10.1. The minimum absolute atomic E-state index is 0. The van der Waals surface area contributed by atoms with E-state index in [1.165, 1.54) is 120 Å². The molecular weight excluding hydrogens is 615 g/mol. The third-order valence-corrected chi connectivity index (χ3v) is 12.9. The van der Waals surface area contributed by atoms with Gasteiger partial charge in [0.05, 0.1) is 8.07 Å². The summed E-state index contributed by atoms with van der Waals surface area (Å²) in [7, 11) is -1.81. The van der Waals surface area contributed by atoms with Crippen LogP contribution in [0.3, 0.4) is 0 Å². The number of hydrogen-bond donors (Lipinski definition) is 0. The molecule has 0 aliphatic heterocycles. The molecule has 226 valence electrons. The Balaban J connectivity index is 0. The van der Waals surface area contributed by atoms with Gasteiger partial charge in [-0.25, -0.2) is 5.20 Å². The summed E-state index contributed by atoms with van der Waals surface area (Å²) in [6, 6.07) is 23.7. The third-order valence-electron chi connectivity index (χ3n) is 8.43.